The van der Waals surface area contributed by atoms with Gasteiger partial charge in [-0.05, 0) is 35.2 Å². The Morgan fingerprint density at radius 2 is 1.73 bits per heavy atom. The van der Waals surface area contributed by atoms with Gasteiger partial charge in [0.1, 0.15) is 5.75 Å². The van der Waals surface area contributed by atoms with Crippen molar-refractivity contribution in [3.63, 3.8) is 0 Å². The molecular weight excluding hydrogens is 346 g/mol. The Kier molecular flexibility index (Phi) is 5.04. The summed E-state index contributed by atoms with van der Waals surface area (Å²) in [5.74, 6) is 0.521. The van der Waals surface area contributed by atoms with Crippen LogP contribution >= 0.6 is 11.3 Å². The fourth-order valence-corrected chi connectivity index (χ4v) is 3.26. The lowest BCUT2D eigenvalue weighted by atomic mass is 9.87. The summed E-state index contributed by atoms with van der Waals surface area (Å²) >= 11 is 1.31. The zero-order chi connectivity index (χ0) is 18.7. The van der Waals surface area contributed by atoms with Crippen LogP contribution in [0.3, 0.4) is 0 Å². The SMILES string of the molecule is COc1ccccc1-c1nnc(NC(=O)c2ccc(C(C)(C)C)cc2)s1. The van der Waals surface area contributed by atoms with Crippen molar-refractivity contribution < 1.29 is 9.53 Å². The van der Waals surface area contributed by atoms with Crippen molar-refractivity contribution in [3.8, 4) is 16.3 Å². The summed E-state index contributed by atoms with van der Waals surface area (Å²) in [5.41, 5.74) is 2.68. The van der Waals surface area contributed by atoms with Gasteiger partial charge in [-0.2, -0.15) is 0 Å². The van der Waals surface area contributed by atoms with E-state index in [-0.39, 0.29) is 11.3 Å². The van der Waals surface area contributed by atoms with Crippen LogP contribution in [0.4, 0.5) is 5.13 Å². The molecule has 26 heavy (non-hydrogen) atoms. The van der Waals surface area contributed by atoms with Gasteiger partial charge < -0.3 is 4.74 Å². The largest absolute Gasteiger partial charge is 0.496 e. The van der Waals surface area contributed by atoms with Crippen molar-refractivity contribution >= 4 is 22.4 Å². The molecule has 0 fully saturated rings. The van der Waals surface area contributed by atoms with Gasteiger partial charge in [-0.25, -0.2) is 0 Å². The highest BCUT2D eigenvalue weighted by atomic mass is 32.1. The lowest BCUT2D eigenvalue weighted by Crippen LogP contribution is -2.14. The highest BCUT2D eigenvalue weighted by molar-refractivity contribution is 7.18. The average molecular weight is 367 g/mol. The van der Waals surface area contributed by atoms with Gasteiger partial charge in [0, 0.05) is 5.56 Å². The fraction of sp³-hybridized carbons (Fsp3) is 0.250. The van der Waals surface area contributed by atoms with Gasteiger partial charge in [0.2, 0.25) is 5.13 Å². The van der Waals surface area contributed by atoms with E-state index in [1.807, 2.05) is 48.5 Å². The molecule has 6 heteroatoms. The standard InChI is InChI=1S/C20H21N3O2S/c1-20(2,3)14-11-9-13(10-12-14)17(24)21-19-23-22-18(26-19)15-7-5-6-8-16(15)25-4/h5-12H,1-4H3,(H,21,23,24). The minimum atomic E-state index is -0.201. The van der Waals surface area contributed by atoms with Crippen LogP contribution in [-0.2, 0) is 5.41 Å². The molecule has 0 aliphatic rings. The second-order valence-corrected chi connectivity index (χ2v) is 7.87. The number of carbonyl (C=O) groups excluding carboxylic acids is 1. The molecule has 3 rings (SSSR count). The molecule has 0 aliphatic carbocycles. The van der Waals surface area contributed by atoms with Crippen LogP contribution in [0.2, 0.25) is 0 Å². The van der Waals surface area contributed by atoms with E-state index < -0.39 is 0 Å². The van der Waals surface area contributed by atoms with E-state index in [1.165, 1.54) is 16.9 Å². The second-order valence-electron chi connectivity index (χ2n) is 6.89. The number of ether oxygens (including phenoxy) is 1. The zero-order valence-electron chi connectivity index (χ0n) is 15.2. The number of nitrogens with zero attached hydrogens (tertiary/aromatic N) is 2. The van der Waals surface area contributed by atoms with Gasteiger partial charge in [-0.15, -0.1) is 10.2 Å². The van der Waals surface area contributed by atoms with E-state index >= 15 is 0 Å². The molecule has 0 saturated carbocycles. The monoisotopic (exact) mass is 367 g/mol. The summed E-state index contributed by atoms with van der Waals surface area (Å²) in [6.07, 6.45) is 0. The van der Waals surface area contributed by atoms with Crippen LogP contribution in [0, 0.1) is 0 Å². The van der Waals surface area contributed by atoms with Gasteiger partial charge in [-0.1, -0.05) is 56.4 Å². The molecule has 3 aromatic rings. The predicted molar refractivity (Wildman–Crippen MR) is 105 cm³/mol. The summed E-state index contributed by atoms with van der Waals surface area (Å²) in [6, 6.07) is 15.2. The van der Waals surface area contributed by atoms with E-state index in [9.17, 15) is 4.79 Å². The molecule has 2 aromatic carbocycles. The number of carbonyl (C=O) groups is 1. The molecule has 0 bridgehead atoms. The van der Waals surface area contributed by atoms with Crippen LogP contribution in [0.15, 0.2) is 48.5 Å². The smallest absolute Gasteiger partial charge is 0.257 e. The highest BCUT2D eigenvalue weighted by Gasteiger charge is 2.16. The van der Waals surface area contributed by atoms with E-state index in [4.69, 9.17) is 4.74 Å². The molecule has 0 unspecified atom stereocenters. The quantitative estimate of drug-likeness (QED) is 0.722. The van der Waals surface area contributed by atoms with Gasteiger partial charge in [0.25, 0.3) is 5.91 Å². The van der Waals surface area contributed by atoms with Crippen molar-refractivity contribution in [2.45, 2.75) is 26.2 Å². The number of rotatable bonds is 4. The summed E-state index contributed by atoms with van der Waals surface area (Å²) in [4.78, 5) is 12.4. The third-order valence-electron chi connectivity index (χ3n) is 4.00. The maximum Gasteiger partial charge on any atom is 0.257 e. The first kappa shape index (κ1) is 18.1. The lowest BCUT2D eigenvalue weighted by molar-refractivity contribution is 0.102. The Morgan fingerprint density at radius 1 is 1.04 bits per heavy atom. The van der Waals surface area contributed by atoms with Crippen molar-refractivity contribution in [1.82, 2.24) is 10.2 Å². The number of hydrogen-bond donors (Lipinski definition) is 1. The van der Waals surface area contributed by atoms with Gasteiger partial charge in [0.15, 0.2) is 5.01 Å². The summed E-state index contributed by atoms with van der Waals surface area (Å²) in [6.45, 7) is 6.42. The Morgan fingerprint density at radius 3 is 2.38 bits per heavy atom. The number of nitrogens with one attached hydrogen (secondary N) is 1. The number of anilines is 1. The van der Waals surface area contributed by atoms with Crippen molar-refractivity contribution in [2.24, 2.45) is 0 Å². The van der Waals surface area contributed by atoms with Gasteiger partial charge in [0.05, 0.1) is 12.7 Å². The fourth-order valence-electron chi connectivity index (χ4n) is 2.49. The third-order valence-corrected chi connectivity index (χ3v) is 4.87. The minimum absolute atomic E-state index is 0.0534. The Bertz CT molecular complexity index is 911. The molecule has 0 saturated heterocycles. The van der Waals surface area contributed by atoms with Crippen LogP contribution in [-0.4, -0.2) is 23.2 Å². The van der Waals surface area contributed by atoms with E-state index in [0.717, 1.165) is 11.3 Å². The number of amides is 1. The molecular formula is C20H21N3O2S. The average Bonchev–Trinajstić information content (AvgIpc) is 3.09. The molecule has 134 valence electrons. The van der Waals surface area contributed by atoms with Crippen molar-refractivity contribution in [1.29, 1.82) is 0 Å². The number of methoxy groups -OCH3 is 1. The minimum Gasteiger partial charge on any atom is -0.496 e. The first-order valence-corrected chi connectivity index (χ1v) is 9.09. The molecule has 0 spiro atoms. The first-order chi connectivity index (χ1) is 12.4. The summed E-state index contributed by atoms with van der Waals surface area (Å²) in [7, 11) is 1.61. The van der Waals surface area contributed by atoms with E-state index in [0.29, 0.717) is 15.7 Å². The molecule has 1 aromatic heterocycles. The van der Waals surface area contributed by atoms with Crippen molar-refractivity contribution in [2.75, 3.05) is 12.4 Å². The van der Waals surface area contributed by atoms with Gasteiger partial charge in [-0.3, -0.25) is 10.1 Å². The Balaban J connectivity index is 1.76. The van der Waals surface area contributed by atoms with E-state index in [2.05, 4.69) is 36.3 Å². The van der Waals surface area contributed by atoms with Crippen molar-refractivity contribution in [3.05, 3.63) is 59.7 Å². The zero-order valence-corrected chi connectivity index (χ0v) is 16.1. The Labute approximate surface area is 157 Å². The number of hydrogen-bond acceptors (Lipinski definition) is 5. The maximum absolute atomic E-state index is 12.4. The summed E-state index contributed by atoms with van der Waals surface area (Å²) in [5, 5.41) is 12.2. The maximum atomic E-state index is 12.4. The van der Waals surface area contributed by atoms with Crippen LogP contribution in [0.5, 0.6) is 5.75 Å². The first-order valence-electron chi connectivity index (χ1n) is 8.27. The van der Waals surface area contributed by atoms with Gasteiger partial charge >= 0.3 is 0 Å². The number of para-hydroxylation sites is 1. The van der Waals surface area contributed by atoms with Crippen LogP contribution < -0.4 is 10.1 Å². The molecule has 1 heterocycles. The molecule has 0 radical (unpaired) electrons. The van der Waals surface area contributed by atoms with Crippen LogP contribution in [0.1, 0.15) is 36.7 Å². The Hall–Kier alpha value is -2.73. The van der Waals surface area contributed by atoms with Crippen LogP contribution in [0.25, 0.3) is 10.6 Å². The third kappa shape index (κ3) is 3.91. The number of benzene rings is 2. The predicted octanol–water partition coefficient (Wildman–Crippen LogP) is 4.76. The topological polar surface area (TPSA) is 64.1 Å². The number of aromatic nitrogens is 2. The normalized spacial score (nSPS) is 11.2. The molecule has 0 aliphatic heterocycles. The molecule has 1 N–H and O–H groups in total. The highest BCUT2D eigenvalue weighted by Crippen LogP contribution is 2.33. The molecule has 0 atom stereocenters. The second kappa shape index (κ2) is 7.25. The summed E-state index contributed by atoms with van der Waals surface area (Å²) < 4.78 is 5.35. The molecule has 5 nitrogen and oxygen atoms in total. The van der Waals surface area contributed by atoms with E-state index in [1.54, 1.807) is 7.11 Å². The lowest BCUT2D eigenvalue weighted by Gasteiger charge is -2.18. The molecule has 1 amide bonds.